The molecule has 2 rings (SSSR count). The number of aromatic hydroxyl groups is 1. The minimum Gasteiger partial charge on any atom is -0.508 e. The molecule has 0 radical (unpaired) electrons. The first-order chi connectivity index (χ1) is 9.99. The summed E-state index contributed by atoms with van der Waals surface area (Å²) < 4.78 is 0. The molecule has 0 bridgehead atoms. The lowest BCUT2D eigenvalue weighted by Crippen LogP contribution is -2.54. The highest BCUT2D eigenvalue weighted by Gasteiger charge is 2.48. The quantitative estimate of drug-likeness (QED) is 0.845. The van der Waals surface area contributed by atoms with Crippen LogP contribution in [0.5, 0.6) is 5.75 Å². The molecule has 2 N–H and O–H groups in total. The third-order valence-corrected chi connectivity index (χ3v) is 4.60. The highest BCUT2D eigenvalue weighted by molar-refractivity contribution is 5.79. The number of phenols is 1. The minimum atomic E-state index is -0.689. The summed E-state index contributed by atoms with van der Waals surface area (Å²) in [5.74, 6) is -0.419. The van der Waals surface area contributed by atoms with E-state index in [9.17, 15) is 15.0 Å². The van der Waals surface area contributed by atoms with Crippen molar-refractivity contribution in [2.75, 3.05) is 6.54 Å². The molecule has 1 aliphatic heterocycles. The smallest absolute Gasteiger partial charge is 0.324 e. The van der Waals surface area contributed by atoms with Gasteiger partial charge in [0.15, 0.2) is 0 Å². The Balaban J connectivity index is 2.14. The van der Waals surface area contributed by atoms with Gasteiger partial charge in [-0.15, -0.1) is 0 Å². The van der Waals surface area contributed by atoms with E-state index in [1.54, 1.807) is 12.1 Å². The Bertz CT molecular complexity index is 485. The number of carboxylic acid groups (broad SMARTS) is 1. The van der Waals surface area contributed by atoms with Crippen molar-refractivity contribution in [3.05, 3.63) is 29.8 Å². The molecule has 1 aromatic rings. The van der Waals surface area contributed by atoms with Crippen LogP contribution in [-0.4, -0.2) is 39.2 Å². The highest BCUT2D eigenvalue weighted by atomic mass is 16.4. The molecule has 1 aliphatic rings. The summed E-state index contributed by atoms with van der Waals surface area (Å²) in [6.45, 7) is 5.00. The number of phenolic OH excluding ortho intramolecular Hbond substituents is 1. The second-order valence-corrected chi connectivity index (χ2v) is 6.10. The van der Waals surface area contributed by atoms with Gasteiger partial charge in [-0.2, -0.15) is 0 Å². The summed E-state index contributed by atoms with van der Waals surface area (Å²) in [4.78, 5) is 14.0. The van der Waals surface area contributed by atoms with Crippen LogP contribution < -0.4 is 0 Å². The van der Waals surface area contributed by atoms with Gasteiger partial charge in [-0.25, -0.2) is 0 Å². The van der Waals surface area contributed by atoms with Crippen molar-refractivity contribution in [3.8, 4) is 5.75 Å². The second kappa shape index (κ2) is 6.48. The van der Waals surface area contributed by atoms with Crippen LogP contribution >= 0.6 is 0 Å². The van der Waals surface area contributed by atoms with Gasteiger partial charge >= 0.3 is 5.97 Å². The Kier molecular flexibility index (Phi) is 4.88. The van der Waals surface area contributed by atoms with Crippen LogP contribution in [0, 0.1) is 0 Å². The molecule has 0 amide bonds. The summed E-state index contributed by atoms with van der Waals surface area (Å²) in [6, 6.07) is 7.36. The van der Waals surface area contributed by atoms with Crippen molar-refractivity contribution in [1.29, 1.82) is 0 Å². The summed E-state index contributed by atoms with van der Waals surface area (Å²) in [7, 11) is 0. The summed E-state index contributed by atoms with van der Waals surface area (Å²) in [5, 5.41) is 19.1. The molecular weight excluding hydrogens is 266 g/mol. The van der Waals surface area contributed by atoms with Gasteiger partial charge in [0.25, 0.3) is 0 Å². The number of hydrogen-bond acceptors (Lipinski definition) is 3. The molecule has 0 spiro atoms. The van der Waals surface area contributed by atoms with Crippen molar-refractivity contribution in [3.63, 3.8) is 0 Å². The molecule has 116 valence electrons. The van der Waals surface area contributed by atoms with Crippen molar-refractivity contribution >= 4 is 5.97 Å². The molecule has 0 saturated carbocycles. The highest BCUT2D eigenvalue weighted by Crippen LogP contribution is 2.36. The molecule has 1 heterocycles. The largest absolute Gasteiger partial charge is 0.508 e. The van der Waals surface area contributed by atoms with Crippen molar-refractivity contribution in [2.45, 2.75) is 57.5 Å². The average Bonchev–Trinajstić information content (AvgIpc) is 2.87. The molecule has 2 unspecified atom stereocenters. The average molecular weight is 291 g/mol. The number of carboxylic acids is 1. The summed E-state index contributed by atoms with van der Waals surface area (Å²) in [6.07, 6.45) is 4.10. The first-order valence-electron chi connectivity index (χ1n) is 7.77. The predicted octanol–water partition coefficient (Wildman–Crippen LogP) is 3.04. The monoisotopic (exact) mass is 291 g/mol. The van der Waals surface area contributed by atoms with Crippen LogP contribution in [0.1, 0.15) is 45.1 Å². The number of nitrogens with zero attached hydrogens (tertiary/aromatic N) is 1. The van der Waals surface area contributed by atoms with E-state index < -0.39 is 11.5 Å². The number of carbonyl (C=O) groups is 1. The molecule has 21 heavy (non-hydrogen) atoms. The lowest BCUT2D eigenvalue weighted by Gasteiger charge is -2.39. The minimum absolute atomic E-state index is 0.180. The Labute approximate surface area is 126 Å². The zero-order chi connectivity index (χ0) is 15.5. The van der Waals surface area contributed by atoms with Gasteiger partial charge in [-0.05, 0) is 56.8 Å². The fraction of sp³-hybridized carbons (Fsp3) is 0.588. The van der Waals surface area contributed by atoms with E-state index in [4.69, 9.17) is 0 Å². The number of aliphatic carboxylic acids is 1. The first kappa shape index (κ1) is 15.8. The molecule has 0 aliphatic carbocycles. The van der Waals surface area contributed by atoms with Gasteiger partial charge in [-0.1, -0.05) is 25.5 Å². The van der Waals surface area contributed by atoms with Crippen LogP contribution in [0.15, 0.2) is 24.3 Å². The number of likely N-dealkylation sites (tertiary alicyclic amines) is 1. The molecule has 0 aromatic heterocycles. The fourth-order valence-corrected chi connectivity index (χ4v) is 3.64. The summed E-state index contributed by atoms with van der Waals surface area (Å²) in [5.41, 5.74) is 0.438. The first-order valence-corrected chi connectivity index (χ1v) is 7.77. The zero-order valence-corrected chi connectivity index (χ0v) is 12.9. The number of rotatable bonds is 6. The van der Waals surface area contributed by atoms with Crippen LogP contribution in [0.2, 0.25) is 0 Å². The second-order valence-electron chi connectivity index (χ2n) is 6.10. The molecule has 1 aromatic carbocycles. The van der Waals surface area contributed by atoms with Gasteiger partial charge in [0, 0.05) is 6.04 Å². The van der Waals surface area contributed by atoms with Gasteiger partial charge in [0.2, 0.25) is 0 Å². The van der Waals surface area contributed by atoms with E-state index in [1.807, 2.05) is 19.1 Å². The maximum absolute atomic E-state index is 11.9. The van der Waals surface area contributed by atoms with Gasteiger partial charge in [-0.3, -0.25) is 9.69 Å². The molecule has 4 heteroatoms. The van der Waals surface area contributed by atoms with Crippen LogP contribution in [0.3, 0.4) is 0 Å². The van der Waals surface area contributed by atoms with E-state index in [2.05, 4.69) is 11.8 Å². The SMILES string of the molecule is CCCC1(C(=O)O)CCCN1C(C)Cc1ccc(O)cc1. The zero-order valence-electron chi connectivity index (χ0n) is 12.9. The van der Waals surface area contributed by atoms with E-state index >= 15 is 0 Å². The Morgan fingerprint density at radius 1 is 1.38 bits per heavy atom. The van der Waals surface area contributed by atoms with E-state index in [-0.39, 0.29) is 11.8 Å². The van der Waals surface area contributed by atoms with E-state index in [0.717, 1.165) is 37.8 Å². The predicted molar refractivity (Wildman–Crippen MR) is 82.5 cm³/mol. The lowest BCUT2D eigenvalue weighted by molar-refractivity contribution is -0.151. The van der Waals surface area contributed by atoms with Crippen molar-refractivity contribution in [2.24, 2.45) is 0 Å². The number of hydrogen-bond donors (Lipinski definition) is 2. The molecule has 1 saturated heterocycles. The summed E-state index contributed by atoms with van der Waals surface area (Å²) >= 11 is 0. The standard InChI is InChI=1S/C17H25NO3/c1-3-9-17(16(20)21)10-4-11-18(17)13(2)12-14-5-7-15(19)8-6-14/h5-8,13,19H,3-4,9-12H2,1-2H3,(H,20,21). The van der Waals surface area contributed by atoms with Crippen LogP contribution in [-0.2, 0) is 11.2 Å². The Hall–Kier alpha value is -1.55. The molecule has 1 fully saturated rings. The Morgan fingerprint density at radius 2 is 2.05 bits per heavy atom. The fourth-order valence-electron chi connectivity index (χ4n) is 3.64. The van der Waals surface area contributed by atoms with Crippen molar-refractivity contribution in [1.82, 2.24) is 4.90 Å². The molecule has 2 atom stereocenters. The van der Waals surface area contributed by atoms with Gasteiger partial charge in [0.05, 0.1) is 0 Å². The van der Waals surface area contributed by atoms with Crippen LogP contribution in [0.25, 0.3) is 0 Å². The molecule has 4 nitrogen and oxygen atoms in total. The van der Waals surface area contributed by atoms with E-state index in [1.165, 1.54) is 0 Å². The lowest BCUT2D eigenvalue weighted by atomic mass is 9.89. The maximum atomic E-state index is 11.9. The van der Waals surface area contributed by atoms with Gasteiger partial charge in [0.1, 0.15) is 11.3 Å². The maximum Gasteiger partial charge on any atom is 0.324 e. The van der Waals surface area contributed by atoms with Gasteiger partial charge < -0.3 is 10.2 Å². The molecular formula is C17H25NO3. The third-order valence-electron chi connectivity index (χ3n) is 4.60. The topological polar surface area (TPSA) is 60.8 Å². The van der Waals surface area contributed by atoms with Crippen molar-refractivity contribution < 1.29 is 15.0 Å². The normalized spacial score (nSPS) is 24.1. The third kappa shape index (κ3) is 3.21. The number of benzene rings is 1. The Morgan fingerprint density at radius 3 is 2.62 bits per heavy atom. The van der Waals surface area contributed by atoms with E-state index in [0.29, 0.717) is 6.42 Å². The van der Waals surface area contributed by atoms with Crippen LogP contribution in [0.4, 0.5) is 0 Å².